The number of benzene rings is 1. The first kappa shape index (κ1) is 6.78. The van der Waals surface area contributed by atoms with Crippen LogP contribution in [0.1, 0.15) is 17.0 Å². The highest BCUT2D eigenvalue weighted by Gasteiger charge is 2.33. The molecule has 1 aliphatic heterocycles. The molecule has 62 valence electrons. The van der Waals surface area contributed by atoms with E-state index in [1.807, 2.05) is 30.3 Å². The van der Waals surface area contributed by atoms with Crippen molar-refractivity contribution in [3.63, 3.8) is 0 Å². The lowest BCUT2D eigenvalue weighted by atomic mass is 9.97. The number of carbonyl (C=O) groups is 1. The largest absolute Gasteiger partial charge is 0.292 e. The third kappa shape index (κ3) is 0.773. The first-order valence-corrected chi connectivity index (χ1v) is 4.25. The Morgan fingerprint density at radius 2 is 2.08 bits per heavy atom. The number of aliphatic imine (C=N–C) groups is 1. The maximum absolute atomic E-state index is 11.4. The van der Waals surface area contributed by atoms with Crippen LogP contribution in [0.5, 0.6) is 0 Å². The van der Waals surface area contributed by atoms with Gasteiger partial charge in [-0.1, -0.05) is 24.3 Å². The van der Waals surface area contributed by atoms with Crippen LogP contribution in [0.2, 0.25) is 0 Å². The summed E-state index contributed by atoms with van der Waals surface area (Å²) in [7, 11) is 0. The molecule has 1 aromatic rings. The molecule has 13 heavy (non-hydrogen) atoms. The molecule has 0 spiro atoms. The highest BCUT2D eigenvalue weighted by atomic mass is 16.1. The van der Waals surface area contributed by atoms with Crippen LogP contribution in [0.15, 0.2) is 35.0 Å². The predicted octanol–water partition coefficient (Wildman–Crippen LogP) is 1.78. The lowest BCUT2D eigenvalue weighted by molar-refractivity contribution is -0.112. The van der Waals surface area contributed by atoms with Gasteiger partial charge >= 0.3 is 0 Å². The monoisotopic (exact) mass is 169 g/mol. The van der Waals surface area contributed by atoms with Crippen molar-refractivity contribution in [2.45, 2.75) is 5.92 Å². The summed E-state index contributed by atoms with van der Waals surface area (Å²) in [5.74, 6) is 0.00685. The van der Waals surface area contributed by atoms with Crippen molar-refractivity contribution in [2.75, 3.05) is 0 Å². The minimum atomic E-state index is -0.101. The number of rotatable bonds is 0. The lowest BCUT2D eigenvalue weighted by Gasteiger charge is -2.03. The molecule has 2 nitrogen and oxygen atoms in total. The quantitative estimate of drug-likeness (QED) is 0.582. The molecule has 2 heteroatoms. The first-order valence-electron chi connectivity index (χ1n) is 4.25. The summed E-state index contributed by atoms with van der Waals surface area (Å²) in [5.41, 5.74) is 3.12. The average Bonchev–Trinajstić information content (AvgIpc) is 2.66. The Balaban J connectivity index is 2.25. The Bertz CT molecular complexity index is 457. The minimum Gasteiger partial charge on any atom is -0.292 e. The first-order chi connectivity index (χ1) is 6.36. The summed E-state index contributed by atoms with van der Waals surface area (Å²) >= 11 is 0. The van der Waals surface area contributed by atoms with Crippen molar-refractivity contribution in [1.82, 2.24) is 0 Å². The molecular formula is C11H7NO. The fourth-order valence-corrected chi connectivity index (χ4v) is 1.93. The van der Waals surface area contributed by atoms with Gasteiger partial charge in [0, 0.05) is 0 Å². The van der Waals surface area contributed by atoms with Crippen molar-refractivity contribution < 1.29 is 4.79 Å². The van der Waals surface area contributed by atoms with E-state index in [2.05, 4.69) is 4.99 Å². The van der Waals surface area contributed by atoms with Gasteiger partial charge in [0.25, 0.3) is 0 Å². The second-order valence-electron chi connectivity index (χ2n) is 3.29. The van der Waals surface area contributed by atoms with Crippen molar-refractivity contribution in [3.8, 4) is 0 Å². The van der Waals surface area contributed by atoms with E-state index in [0.29, 0.717) is 0 Å². The molecule has 2 aliphatic rings. The average molecular weight is 169 g/mol. The van der Waals surface area contributed by atoms with E-state index in [1.54, 1.807) is 0 Å². The standard InChI is InChI=1S/C11H7NO/c13-10-6-12-9-5-7-3-1-2-4-8(7)11(9)10/h1-6,11H. The molecule has 1 atom stereocenters. The zero-order valence-electron chi connectivity index (χ0n) is 6.90. The number of nitrogens with zero attached hydrogens (tertiary/aromatic N) is 1. The number of fused-ring (bicyclic) bond motifs is 3. The van der Waals surface area contributed by atoms with Gasteiger partial charge in [-0.3, -0.25) is 9.79 Å². The molecule has 1 aromatic carbocycles. The molecule has 0 amide bonds. The van der Waals surface area contributed by atoms with E-state index in [9.17, 15) is 4.79 Å². The summed E-state index contributed by atoms with van der Waals surface area (Å²) in [5, 5.41) is 0. The molecular weight excluding hydrogens is 162 g/mol. The SMILES string of the molecule is O=C1C=NC2=Cc3ccccc3C12. The summed E-state index contributed by atoms with van der Waals surface area (Å²) in [4.78, 5) is 15.5. The predicted molar refractivity (Wildman–Crippen MR) is 50.7 cm³/mol. The second kappa shape index (κ2) is 2.16. The van der Waals surface area contributed by atoms with E-state index in [0.717, 1.165) is 16.8 Å². The molecule has 0 saturated carbocycles. The third-order valence-electron chi connectivity index (χ3n) is 2.53. The molecule has 1 heterocycles. The summed E-state index contributed by atoms with van der Waals surface area (Å²) < 4.78 is 0. The smallest absolute Gasteiger partial charge is 0.187 e. The Labute approximate surface area is 75.6 Å². The van der Waals surface area contributed by atoms with E-state index in [-0.39, 0.29) is 11.7 Å². The number of hydrogen-bond acceptors (Lipinski definition) is 2. The van der Waals surface area contributed by atoms with Gasteiger partial charge in [0.05, 0.1) is 17.8 Å². The second-order valence-corrected chi connectivity index (χ2v) is 3.29. The third-order valence-corrected chi connectivity index (χ3v) is 2.53. The molecule has 3 rings (SSSR count). The normalized spacial score (nSPS) is 22.9. The molecule has 0 bridgehead atoms. The number of allylic oxidation sites excluding steroid dienone is 1. The van der Waals surface area contributed by atoms with Crippen LogP contribution in [0.4, 0.5) is 0 Å². The van der Waals surface area contributed by atoms with Gasteiger partial charge in [-0.25, -0.2) is 0 Å². The zero-order valence-corrected chi connectivity index (χ0v) is 6.90. The zero-order chi connectivity index (χ0) is 8.84. The molecule has 0 aromatic heterocycles. The Morgan fingerprint density at radius 1 is 1.23 bits per heavy atom. The van der Waals surface area contributed by atoms with E-state index >= 15 is 0 Å². The van der Waals surface area contributed by atoms with Crippen molar-refractivity contribution in [1.29, 1.82) is 0 Å². The molecule has 0 fully saturated rings. The number of carbonyl (C=O) groups excluding carboxylic acids is 1. The van der Waals surface area contributed by atoms with Crippen LogP contribution in [-0.4, -0.2) is 12.0 Å². The highest BCUT2D eigenvalue weighted by Crippen LogP contribution is 2.39. The highest BCUT2D eigenvalue weighted by molar-refractivity contribution is 6.34. The van der Waals surface area contributed by atoms with Crippen LogP contribution >= 0.6 is 0 Å². The minimum absolute atomic E-state index is 0.101. The van der Waals surface area contributed by atoms with Crippen molar-refractivity contribution in [3.05, 3.63) is 41.1 Å². The number of hydrogen-bond donors (Lipinski definition) is 0. The Hall–Kier alpha value is -1.70. The topological polar surface area (TPSA) is 29.4 Å². The van der Waals surface area contributed by atoms with Crippen molar-refractivity contribution in [2.24, 2.45) is 4.99 Å². The Kier molecular flexibility index (Phi) is 1.13. The summed E-state index contributed by atoms with van der Waals surface area (Å²) in [6.45, 7) is 0. The molecule has 1 aliphatic carbocycles. The van der Waals surface area contributed by atoms with Crippen LogP contribution < -0.4 is 0 Å². The van der Waals surface area contributed by atoms with Gasteiger partial charge in [-0.15, -0.1) is 0 Å². The van der Waals surface area contributed by atoms with Gasteiger partial charge in [0.1, 0.15) is 0 Å². The molecule has 0 saturated heterocycles. The maximum atomic E-state index is 11.4. The maximum Gasteiger partial charge on any atom is 0.187 e. The fraction of sp³-hybridized carbons (Fsp3) is 0.0909. The Morgan fingerprint density at radius 3 is 3.00 bits per heavy atom. The van der Waals surface area contributed by atoms with E-state index < -0.39 is 0 Å². The van der Waals surface area contributed by atoms with Gasteiger partial charge < -0.3 is 0 Å². The van der Waals surface area contributed by atoms with E-state index in [1.165, 1.54) is 6.21 Å². The van der Waals surface area contributed by atoms with Crippen molar-refractivity contribution >= 4 is 18.1 Å². The molecule has 1 unspecified atom stereocenters. The van der Waals surface area contributed by atoms with Crippen LogP contribution in [0.3, 0.4) is 0 Å². The number of Topliss-reactive ketones (excluding diaryl/α,β-unsaturated/α-hetero) is 1. The van der Waals surface area contributed by atoms with Gasteiger partial charge in [-0.2, -0.15) is 0 Å². The van der Waals surface area contributed by atoms with Gasteiger partial charge in [-0.05, 0) is 17.2 Å². The van der Waals surface area contributed by atoms with Crippen LogP contribution in [0.25, 0.3) is 6.08 Å². The summed E-state index contributed by atoms with van der Waals surface area (Å²) in [6, 6.07) is 7.95. The number of ketones is 1. The lowest BCUT2D eigenvalue weighted by Crippen LogP contribution is -2.06. The van der Waals surface area contributed by atoms with Gasteiger partial charge in [0.15, 0.2) is 5.78 Å². The van der Waals surface area contributed by atoms with E-state index in [4.69, 9.17) is 0 Å². The fourth-order valence-electron chi connectivity index (χ4n) is 1.93. The van der Waals surface area contributed by atoms with Crippen LogP contribution in [-0.2, 0) is 4.79 Å². The summed E-state index contributed by atoms with van der Waals surface area (Å²) in [6.07, 6.45) is 3.41. The molecule has 0 radical (unpaired) electrons. The molecule has 0 N–H and O–H groups in total. The van der Waals surface area contributed by atoms with Crippen LogP contribution in [0, 0.1) is 0 Å². The van der Waals surface area contributed by atoms with Gasteiger partial charge in [0.2, 0.25) is 0 Å².